The zero-order valence-electron chi connectivity index (χ0n) is 13.0. The van der Waals surface area contributed by atoms with Gasteiger partial charge in [0.1, 0.15) is 5.82 Å². The quantitative estimate of drug-likeness (QED) is 0.530. The summed E-state index contributed by atoms with van der Waals surface area (Å²) in [5.41, 5.74) is 0.443. The van der Waals surface area contributed by atoms with Crippen molar-refractivity contribution in [2.45, 2.75) is 16.5 Å². The third-order valence-electron chi connectivity index (χ3n) is 2.82. The van der Waals surface area contributed by atoms with E-state index in [-0.39, 0.29) is 10.9 Å². The number of benzene rings is 1. The minimum atomic E-state index is -0.528. The zero-order valence-corrected chi connectivity index (χ0v) is 15.4. The lowest BCUT2D eigenvalue weighted by Gasteiger charge is -2.10. The molecule has 1 atom stereocenters. The topological polar surface area (TPSA) is 76.1 Å². The smallest absolute Gasteiger partial charge is 0.237 e. The summed E-state index contributed by atoms with van der Waals surface area (Å²) in [6.07, 6.45) is 0. The van der Waals surface area contributed by atoms with Gasteiger partial charge in [-0.25, -0.2) is 4.39 Å². The second kappa shape index (κ2) is 9.16. The summed E-state index contributed by atoms with van der Waals surface area (Å²) < 4.78 is 18.7. The summed E-state index contributed by atoms with van der Waals surface area (Å²) in [7, 11) is 1.62. The Morgan fingerprint density at radius 2 is 2.29 bits per heavy atom. The van der Waals surface area contributed by atoms with Gasteiger partial charge >= 0.3 is 0 Å². The number of ether oxygens (including phenoxy) is 1. The molecule has 0 spiro atoms. The molecule has 1 aromatic carbocycles. The van der Waals surface area contributed by atoms with Crippen LogP contribution in [-0.4, -0.2) is 41.6 Å². The number of methoxy groups -OCH3 is 1. The van der Waals surface area contributed by atoms with Crippen molar-refractivity contribution in [2.24, 2.45) is 0 Å². The number of anilines is 2. The number of halogens is 2. The van der Waals surface area contributed by atoms with Gasteiger partial charge < -0.3 is 15.4 Å². The van der Waals surface area contributed by atoms with E-state index in [0.29, 0.717) is 28.3 Å². The number of hydrogen-bond acceptors (Lipinski definition) is 7. The van der Waals surface area contributed by atoms with Crippen LogP contribution in [0.5, 0.6) is 0 Å². The maximum absolute atomic E-state index is 13.1. The van der Waals surface area contributed by atoms with Gasteiger partial charge in [-0.15, -0.1) is 10.2 Å². The molecule has 6 nitrogen and oxygen atoms in total. The maximum Gasteiger partial charge on any atom is 0.237 e. The van der Waals surface area contributed by atoms with Gasteiger partial charge in [-0.2, -0.15) is 0 Å². The van der Waals surface area contributed by atoms with Crippen molar-refractivity contribution >= 4 is 51.4 Å². The second-order valence-corrected chi connectivity index (χ2v) is 7.64. The number of hydrogen-bond donors (Lipinski definition) is 2. The minimum absolute atomic E-state index is 0.0380. The van der Waals surface area contributed by atoms with Crippen LogP contribution in [0.3, 0.4) is 0 Å². The Kier molecular flexibility index (Phi) is 7.22. The predicted molar refractivity (Wildman–Crippen MR) is 95.6 cm³/mol. The van der Waals surface area contributed by atoms with E-state index in [4.69, 9.17) is 16.3 Å². The lowest BCUT2D eigenvalue weighted by Crippen LogP contribution is -2.22. The van der Waals surface area contributed by atoms with Gasteiger partial charge in [0.05, 0.1) is 16.9 Å². The molecule has 1 amide bonds. The number of carbonyl (C=O) groups is 1. The number of nitrogens with one attached hydrogen (secondary N) is 2. The van der Waals surface area contributed by atoms with Crippen molar-refractivity contribution in [1.29, 1.82) is 0 Å². The van der Waals surface area contributed by atoms with Crippen molar-refractivity contribution in [2.75, 3.05) is 30.9 Å². The predicted octanol–water partition coefficient (Wildman–Crippen LogP) is 3.51. The van der Waals surface area contributed by atoms with E-state index in [9.17, 15) is 9.18 Å². The lowest BCUT2D eigenvalue weighted by atomic mass is 10.3. The van der Waals surface area contributed by atoms with Crippen LogP contribution in [0.15, 0.2) is 22.5 Å². The first kappa shape index (κ1) is 18.9. The molecule has 0 aliphatic rings. The molecular weight excluding hydrogens is 375 g/mol. The monoisotopic (exact) mass is 390 g/mol. The van der Waals surface area contributed by atoms with Gasteiger partial charge in [0.2, 0.25) is 11.0 Å². The van der Waals surface area contributed by atoms with Crippen LogP contribution in [0.25, 0.3) is 0 Å². The van der Waals surface area contributed by atoms with Gasteiger partial charge in [0, 0.05) is 19.3 Å². The minimum Gasteiger partial charge on any atom is -0.383 e. The standard InChI is InChI=1S/C14H16ClFN4O2S2/c1-8(12(21)18-9-3-4-11(16)10(15)7-9)23-14-20-19-13(24-14)17-5-6-22-2/h3-4,7-8H,5-6H2,1-2H3,(H,17,19)(H,18,21)/t8-/m0/s1. The average molecular weight is 391 g/mol. The van der Waals surface area contributed by atoms with Crippen molar-refractivity contribution in [3.8, 4) is 0 Å². The summed E-state index contributed by atoms with van der Waals surface area (Å²) in [4.78, 5) is 12.2. The number of aromatic nitrogens is 2. The first-order valence-electron chi connectivity index (χ1n) is 6.98. The molecule has 0 aliphatic carbocycles. The Bertz CT molecular complexity index is 701. The SMILES string of the molecule is COCCNc1nnc(S[C@@H](C)C(=O)Nc2ccc(F)c(Cl)c2)s1. The molecule has 0 bridgehead atoms. The molecule has 0 saturated carbocycles. The van der Waals surface area contributed by atoms with Crippen LogP contribution in [0.1, 0.15) is 6.92 Å². The van der Waals surface area contributed by atoms with Crippen LogP contribution in [0.2, 0.25) is 5.02 Å². The van der Waals surface area contributed by atoms with E-state index in [1.807, 2.05) is 0 Å². The Morgan fingerprint density at radius 1 is 1.50 bits per heavy atom. The molecule has 0 fully saturated rings. The summed E-state index contributed by atoms with van der Waals surface area (Å²) in [6, 6.07) is 4.03. The first-order valence-corrected chi connectivity index (χ1v) is 9.06. The Balaban J connectivity index is 1.88. The van der Waals surface area contributed by atoms with Gasteiger partial charge in [0.25, 0.3) is 0 Å². The van der Waals surface area contributed by atoms with Crippen LogP contribution < -0.4 is 10.6 Å². The molecule has 0 aliphatic heterocycles. The van der Waals surface area contributed by atoms with Crippen LogP contribution in [0.4, 0.5) is 15.2 Å². The number of carbonyl (C=O) groups excluding carboxylic acids is 1. The molecule has 0 unspecified atom stereocenters. The van der Waals surface area contributed by atoms with E-state index in [1.54, 1.807) is 14.0 Å². The second-order valence-electron chi connectivity index (χ2n) is 4.67. The zero-order chi connectivity index (χ0) is 17.5. The van der Waals surface area contributed by atoms with Crippen molar-refractivity contribution in [3.05, 3.63) is 29.0 Å². The molecule has 1 heterocycles. The number of rotatable bonds is 8. The molecule has 130 valence electrons. The van der Waals surface area contributed by atoms with Crippen LogP contribution in [0, 0.1) is 5.82 Å². The summed E-state index contributed by atoms with van der Waals surface area (Å²) >= 11 is 8.35. The Labute approximate surface area is 152 Å². The number of amides is 1. The molecule has 24 heavy (non-hydrogen) atoms. The highest BCUT2D eigenvalue weighted by atomic mass is 35.5. The highest BCUT2D eigenvalue weighted by molar-refractivity contribution is 8.02. The summed E-state index contributed by atoms with van der Waals surface area (Å²) in [5, 5.41) is 14.0. The van der Waals surface area contributed by atoms with Gasteiger partial charge in [-0.3, -0.25) is 4.79 Å². The van der Waals surface area contributed by atoms with Gasteiger partial charge in [-0.05, 0) is 25.1 Å². The van der Waals surface area contributed by atoms with E-state index in [0.717, 1.165) is 0 Å². The molecule has 2 rings (SSSR count). The third-order valence-corrected chi connectivity index (χ3v) is 5.18. The first-order chi connectivity index (χ1) is 11.5. The van der Waals surface area contributed by atoms with E-state index < -0.39 is 11.1 Å². The van der Waals surface area contributed by atoms with Crippen molar-refractivity contribution < 1.29 is 13.9 Å². The molecule has 0 saturated heterocycles. The fourth-order valence-corrected chi connectivity index (χ4v) is 3.71. The van der Waals surface area contributed by atoms with Gasteiger partial charge in [-0.1, -0.05) is 34.7 Å². The average Bonchev–Trinajstić information content (AvgIpc) is 2.98. The maximum atomic E-state index is 13.1. The molecule has 0 radical (unpaired) electrons. The van der Waals surface area contributed by atoms with E-state index in [2.05, 4.69) is 20.8 Å². The Hall–Kier alpha value is -1.42. The molecule has 1 aromatic heterocycles. The molecule has 2 aromatic rings. The highest BCUT2D eigenvalue weighted by Crippen LogP contribution is 2.29. The van der Waals surface area contributed by atoms with Crippen LogP contribution in [-0.2, 0) is 9.53 Å². The highest BCUT2D eigenvalue weighted by Gasteiger charge is 2.17. The third kappa shape index (κ3) is 5.59. The molecule has 2 N–H and O–H groups in total. The fourth-order valence-electron chi connectivity index (χ4n) is 1.61. The summed E-state index contributed by atoms with van der Waals surface area (Å²) in [6.45, 7) is 2.96. The number of nitrogens with zero attached hydrogens (tertiary/aromatic N) is 2. The lowest BCUT2D eigenvalue weighted by molar-refractivity contribution is -0.115. The largest absolute Gasteiger partial charge is 0.383 e. The fraction of sp³-hybridized carbons (Fsp3) is 0.357. The Morgan fingerprint density at radius 3 is 3.00 bits per heavy atom. The normalized spacial score (nSPS) is 12.0. The number of thioether (sulfide) groups is 1. The molecular formula is C14H16ClFN4O2S2. The van der Waals surface area contributed by atoms with Crippen LogP contribution >= 0.6 is 34.7 Å². The van der Waals surface area contributed by atoms with Crippen molar-refractivity contribution in [1.82, 2.24) is 10.2 Å². The van der Waals surface area contributed by atoms with Gasteiger partial charge in [0.15, 0.2) is 4.34 Å². The van der Waals surface area contributed by atoms with Crippen molar-refractivity contribution in [3.63, 3.8) is 0 Å². The van der Waals surface area contributed by atoms with E-state index in [1.165, 1.54) is 41.3 Å². The van der Waals surface area contributed by atoms with E-state index >= 15 is 0 Å². The summed E-state index contributed by atoms with van der Waals surface area (Å²) in [5.74, 6) is -0.758. The molecule has 10 heteroatoms.